The van der Waals surface area contributed by atoms with E-state index in [-0.39, 0.29) is 0 Å². The quantitative estimate of drug-likeness (QED) is 0.233. The third-order valence-electron chi connectivity index (χ3n) is 0.249. The topological polar surface area (TPSA) is 26.3 Å². The Labute approximate surface area is 36.1 Å². The summed E-state index contributed by atoms with van der Waals surface area (Å²) < 4.78 is 3.77. The minimum atomic E-state index is -0.741. The third kappa shape index (κ3) is 1.36. The van der Waals surface area contributed by atoms with Crippen molar-refractivity contribution in [3.63, 3.8) is 0 Å². The van der Waals surface area contributed by atoms with Gasteiger partial charge in [0.1, 0.15) is 7.11 Å². The fraction of sp³-hybridized carbons (Fsp3) is 0. The van der Waals surface area contributed by atoms with E-state index in [0.717, 1.165) is 0 Å². The number of carbonyl (C=O) groups is 1. The van der Waals surface area contributed by atoms with Crippen molar-refractivity contribution in [1.82, 2.24) is 0 Å². The van der Waals surface area contributed by atoms with Gasteiger partial charge in [-0.1, -0.05) is 0 Å². The van der Waals surface area contributed by atoms with E-state index >= 15 is 0 Å². The number of ether oxygens (including phenoxy) is 1. The summed E-state index contributed by atoms with van der Waals surface area (Å²) in [5.41, 5.74) is 0. The van der Waals surface area contributed by atoms with Gasteiger partial charge in [-0.05, 0) is 0 Å². The summed E-state index contributed by atoms with van der Waals surface area (Å²) in [7, 11) is 2.76. The van der Waals surface area contributed by atoms with E-state index in [1.807, 2.05) is 0 Å². The smallest absolute Gasteiger partial charge is 0.384 e. The highest BCUT2D eigenvalue weighted by atomic mass is 16.5. The lowest BCUT2D eigenvalue weighted by Gasteiger charge is -1.79. The standard InChI is InChI=1S/C4H3O2/c1-3-4(5)6-2/h1H,2H2. The summed E-state index contributed by atoms with van der Waals surface area (Å²) >= 11 is 0. The molecule has 0 fully saturated rings. The van der Waals surface area contributed by atoms with Gasteiger partial charge < -0.3 is 4.74 Å². The molecule has 0 saturated heterocycles. The highest BCUT2D eigenvalue weighted by Gasteiger charge is 1.83. The molecule has 2 heteroatoms. The fourth-order valence-electron chi connectivity index (χ4n) is 0.0417. The zero-order valence-corrected chi connectivity index (χ0v) is 3.10. The lowest BCUT2D eigenvalue weighted by atomic mass is 10.7. The number of esters is 1. The van der Waals surface area contributed by atoms with Crippen LogP contribution >= 0.6 is 0 Å². The molecule has 0 aromatic rings. The van der Waals surface area contributed by atoms with Crippen molar-refractivity contribution in [3.05, 3.63) is 7.11 Å². The van der Waals surface area contributed by atoms with Crippen LogP contribution in [-0.4, -0.2) is 5.97 Å². The van der Waals surface area contributed by atoms with Crippen molar-refractivity contribution in [2.45, 2.75) is 0 Å². The van der Waals surface area contributed by atoms with Gasteiger partial charge in [-0.25, -0.2) is 4.79 Å². The van der Waals surface area contributed by atoms with E-state index < -0.39 is 5.97 Å². The van der Waals surface area contributed by atoms with Gasteiger partial charge in [0.25, 0.3) is 0 Å². The number of hydrogen-bond donors (Lipinski definition) is 0. The van der Waals surface area contributed by atoms with Crippen LogP contribution in [0.2, 0.25) is 0 Å². The second kappa shape index (κ2) is 2.28. The first kappa shape index (κ1) is 5.03. The van der Waals surface area contributed by atoms with Crippen LogP contribution in [0.25, 0.3) is 0 Å². The first-order valence-corrected chi connectivity index (χ1v) is 1.24. The summed E-state index contributed by atoms with van der Waals surface area (Å²) in [6.45, 7) is 0. The van der Waals surface area contributed by atoms with E-state index in [1.54, 1.807) is 5.92 Å². The minimum Gasteiger partial charge on any atom is -0.452 e. The second-order valence-corrected chi connectivity index (χ2v) is 0.576. The summed E-state index contributed by atoms with van der Waals surface area (Å²) in [6, 6.07) is 0. The molecule has 0 aliphatic heterocycles. The average molecular weight is 83.1 g/mol. The molecule has 0 atom stereocenters. The molecule has 0 N–H and O–H groups in total. The number of carbonyl (C=O) groups excluding carboxylic acids is 1. The van der Waals surface area contributed by atoms with Crippen LogP contribution in [0.4, 0.5) is 0 Å². The molecule has 0 aromatic carbocycles. The molecule has 2 nitrogen and oxygen atoms in total. The van der Waals surface area contributed by atoms with E-state index in [0.29, 0.717) is 0 Å². The predicted molar refractivity (Wildman–Crippen MR) is 20.3 cm³/mol. The average Bonchev–Trinajstić information content (AvgIpc) is 1.65. The number of hydrogen-bond acceptors (Lipinski definition) is 2. The van der Waals surface area contributed by atoms with Gasteiger partial charge in [-0.3, -0.25) is 0 Å². The van der Waals surface area contributed by atoms with Crippen molar-refractivity contribution in [2.24, 2.45) is 0 Å². The molecule has 0 unspecified atom stereocenters. The minimum absolute atomic E-state index is 0.741. The summed E-state index contributed by atoms with van der Waals surface area (Å²) in [5.74, 6) is 0.950. The number of terminal acetylenes is 1. The summed E-state index contributed by atoms with van der Waals surface area (Å²) in [6.07, 6.45) is 4.52. The summed E-state index contributed by atoms with van der Waals surface area (Å²) in [5, 5.41) is 0. The molecule has 31 valence electrons. The van der Waals surface area contributed by atoms with Crippen molar-refractivity contribution >= 4 is 5.97 Å². The molecular weight excluding hydrogens is 80.0 g/mol. The third-order valence-corrected chi connectivity index (χ3v) is 0.249. The lowest BCUT2D eigenvalue weighted by molar-refractivity contribution is -0.131. The molecule has 0 aliphatic carbocycles. The Bertz CT molecular complexity index is 88.2. The maximum Gasteiger partial charge on any atom is 0.384 e. The first-order valence-electron chi connectivity index (χ1n) is 1.24. The van der Waals surface area contributed by atoms with Crippen LogP contribution in [0.3, 0.4) is 0 Å². The van der Waals surface area contributed by atoms with Gasteiger partial charge in [0.05, 0.1) is 0 Å². The van der Waals surface area contributed by atoms with Gasteiger partial charge in [0.15, 0.2) is 0 Å². The molecule has 0 spiro atoms. The SMILES string of the molecule is C#CC(=O)O[CH2]. The van der Waals surface area contributed by atoms with Crippen molar-refractivity contribution in [1.29, 1.82) is 0 Å². The molecule has 0 amide bonds. The van der Waals surface area contributed by atoms with Gasteiger partial charge in [0, 0.05) is 5.92 Å². The Kier molecular flexibility index (Phi) is 1.91. The number of rotatable bonds is 0. The van der Waals surface area contributed by atoms with E-state index in [4.69, 9.17) is 0 Å². The monoisotopic (exact) mass is 83.0 g/mol. The highest BCUT2D eigenvalue weighted by Crippen LogP contribution is 1.64. The van der Waals surface area contributed by atoms with Crippen LogP contribution in [0.15, 0.2) is 0 Å². The zero-order chi connectivity index (χ0) is 4.99. The van der Waals surface area contributed by atoms with Crippen LogP contribution in [0, 0.1) is 19.5 Å². The second-order valence-electron chi connectivity index (χ2n) is 0.576. The Morgan fingerprint density at radius 2 is 2.50 bits per heavy atom. The fourth-order valence-corrected chi connectivity index (χ4v) is 0.0417. The summed E-state index contributed by atoms with van der Waals surface area (Å²) in [4.78, 5) is 9.66. The Morgan fingerprint density at radius 3 is 2.50 bits per heavy atom. The lowest BCUT2D eigenvalue weighted by Crippen LogP contribution is -1.90. The van der Waals surface area contributed by atoms with Gasteiger partial charge >= 0.3 is 5.97 Å². The predicted octanol–water partition coefficient (Wildman–Crippen LogP) is -0.0456. The van der Waals surface area contributed by atoms with Crippen molar-refractivity contribution in [3.8, 4) is 12.3 Å². The molecule has 0 heterocycles. The molecule has 0 aliphatic rings. The Hall–Kier alpha value is -0.970. The van der Waals surface area contributed by atoms with E-state index in [2.05, 4.69) is 18.3 Å². The van der Waals surface area contributed by atoms with Crippen molar-refractivity contribution < 1.29 is 9.53 Å². The molecular formula is C4H3O2. The maximum atomic E-state index is 9.66. The Balaban J connectivity index is 3.33. The van der Waals surface area contributed by atoms with Gasteiger partial charge in [-0.2, -0.15) is 0 Å². The molecule has 1 radical (unpaired) electrons. The van der Waals surface area contributed by atoms with Crippen LogP contribution < -0.4 is 0 Å². The maximum absolute atomic E-state index is 9.66. The molecule has 0 saturated carbocycles. The van der Waals surface area contributed by atoms with E-state index in [1.165, 1.54) is 0 Å². The largest absolute Gasteiger partial charge is 0.452 e. The first-order chi connectivity index (χ1) is 2.81. The van der Waals surface area contributed by atoms with Gasteiger partial charge in [0.2, 0.25) is 0 Å². The molecule has 0 bridgehead atoms. The zero-order valence-electron chi connectivity index (χ0n) is 3.10. The molecule has 0 rings (SSSR count). The Morgan fingerprint density at radius 1 is 2.00 bits per heavy atom. The molecule has 6 heavy (non-hydrogen) atoms. The molecule has 0 aromatic heterocycles. The normalized spacial score (nSPS) is 6.00. The van der Waals surface area contributed by atoms with E-state index in [9.17, 15) is 4.79 Å². The van der Waals surface area contributed by atoms with Crippen LogP contribution in [0.1, 0.15) is 0 Å². The van der Waals surface area contributed by atoms with Gasteiger partial charge in [-0.15, -0.1) is 6.42 Å². The highest BCUT2D eigenvalue weighted by molar-refractivity contribution is 5.87. The van der Waals surface area contributed by atoms with Crippen LogP contribution in [0.5, 0.6) is 0 Å². The van der Waals surface area contributed by atoms with Crippen molar-refractivity contribution in [2.75, 3.05) is 0 Å². The van der Waals surface area contributed by atoms with Crippen LogP contribution in [-0.2, 0) is 9.53 Å².